The van der Waals surface area contributed by atoms with Gasteiger partial charge in [0.1, 0.15) is 6.04 Å². The maximum atomic E-state index is 11.7. The quantitative estimate of drug-likeness (QED) is 0.735. The van der Waals surface area contributed by atoms with E-state index < -0.39 is 12.0 Å². The molecule has 0 aromatic heterocycles. The summed E-state index contributed by atoms with van der Waals surface area (Å²) in [6.07, 6.45) is 3.70. The predicted octanol–water partition coefficient (Wildman–Crippen LogP) is 0.901. The second-order valence-electron chi connectivity index (χ2n) is 4.87. The summed E-state index contributed by atoms with van der Waals surface area (Å²) in [4.78, 5) is 24.1. The molecule has 2 rings (SSSR count). The average molecular weight is 226 g/mol. The number of carbonyl (C=O) groups is 2. The van der Waals surface area contributed by atoms with Gasteiger partial charge in [-0.1, -0.05) is 6.42 Å². The molecule has 2 fully saturated rings. The van der Waals surface area contributed by atoms with E-state index in [2.05, 4.69) is 5.32 Å². The molecule has 3 atom stereocenters. The van der Waals surface area contributed by atoms with Gasteiger partial charge < -0.3 is 15.3 Å². The topological polar surface area (TPSA) is 69.6 Å². The standard InChI is InChI=1S/C11H18N2O3/c1-7(10(14)15)12-11(16)13-5-8-3-2-4-9(8)6-13/h7-9H,2-6H2,1H3,(H,12,16)(H,14,15)/t7-,8?,9?/m1/s1. The van der Waals surface area contributed by atoms with E-state index in [4.69, 9.17) is 5.11 Å². The first-order valence-corrected chi connectivity index (χ1v) is 5.86. The Morgan fingerprint density at radius 3 is 2.38 bits per heavy atom. The molecule has 1 aliphatic carbocycles. The van der Waals surface area contributed by atoms with Crippen LogP contribution in [0, 0.1) is 11.8 Å². The lowest BCUT2D eigenvalue weighted by Gasteiger charge is -2.19. The SMILES string of the molecule is C[C@@H](NC(=O)N1CC2CCCC2C1)C(=O)O. The molecule has 2 N–H and O–H groups in total. The van der Waals surface area contributed by atoms with Crippen LogP contribution in [0.25, 0.3) is 0 Å². The van der Waals surface area contributed by atoms with Crippen molar-refractivity contribution in [2.75, 3.05) is 13.1 Å². The number of likely N-dealkylation sites (tertiary alicyclic amines) is 1. The molecule has 1 saturated carbocycles. The van der Waals surface area contributed by atoms with Crippen LogP contribution in [0.4, 0.5) is 4.79 Å². The van der Waals surface area contributed by atoms with Crippen LogP contribution < -0.4 is 5.32 Å². The first-order valence-electron chi connectivity index (χ1n) is 5.86. The van der Waals surface area contributed by atoms with Crippen molar-refractivity contribution < 1.29 is 14.7 Å². The Balaban J connectivity index is 1.85. The van der Waals surface area contributed by atoms with Crippen LogP contribution in [0.5, 0.6) is 0 Å². The van der Waals surface area contributed by atoms with Crippen LogP contribution in [-0.2, 0) is 4.79 Å². The molecule has 1 aliphatic heterocycles. The average Bonchev–Trinajstić information content (AvgIpc) is 2.75. The third-order valence-corrected chi connectivity index (χ3v) is 3.72. The van der Waals surface area contributed by atoms with Gasteiger partial charge in [-0.05, 0) is 31.6 Å². The van der Waals surface area contributed by atoms with Gasteiger partial charge in [0.05, 0.1) is 0 Å². The summed E-state index contributed by atoms with van der Waals surface area (Å²) in [5.41, 5.74) is 0. The Morgan fingerprint density at radius 1 is 1.31 bits per heavy atom. The van der Waals surface area contributed by atoms with Crippen molar-refractivity contribution in [2.45, 2.75) is 32.2 Å². The van der Waals surface area contributed by atoms with Gasteiger partial charge in [0, 0.05) is 13.1 Å². The lowest BCUT2D eigenvalue weighted by Crippen LogP contribution is -2.46. The van der Waals surface area contributed by atoms with Crippen molar-refractivity contribution in [3.05, 3.63) is 0 Å². The molecule has 16 heavy (non-hydrogen) atoms. The Bertz CT molecular complexity index is 294. The minimum atomic E-state index is -0.993. The van der Waals surface area contributed by atoms with Gasteiger partial charge >= 0.3 is 12.0 Å². The highest BCUT2D eigenvalue weighted by molar-refractivity contribution is 5.82. The molecule has 0 radical (unpaired) electrons. The minimum absolute atomic E-state index is 0.232. The van der Waals surface area contributed by atoms with Crippen LogP contribution in [0.1, 0.15) is 26.2 Å². The number of urea groups is 1. The van der Waals surface area contributed by atoms with Crippen LogP contribution in [0.15, 0.2) is 0 Å². The molecule has 2 aliphatic rings. The van der Waals surface area contributed by atoms with Crippen molar-refractivity contribution in [3.63, 3.8) is 0 Å². The fourth-order valence-corrected chi connectivity index (χ4v) is 2.74. The van der Waals surface area contributed by atoms with Gasteiger partial charge in [-0.15, -0.1) is 0 Å². The van der Waals surface area contributed by atoms with Crippen molar-refractivity contribution >= 4 is 12.0 Å². The van der Waals surface area contributed by atoms with Gasteiger partial charge in [-0.2, -0.15) is 0 Å². The highest BCUT2D eigenvalue weighted by atomic mass is 16.4. The number of fused-ring (bicyclic) bond motifs is 1. The van der Waals surface area contributed by atoms with Crippen molar-refractivity contribution in [3.8, 4) is 0 Å². The third kappa shape index (κ3) is 2.13. The normalized spacial score (nSPS) is 29.9. The summed E-state index contributed by atoms with van der Waals surface area (Å²) >= 11 is 0. The Labute approximate surface area is 94.8 Å². The minimum Gasteiger partial charge on any atom is -0.480 e. The zero-order chi connectivity index (χ0) is 11.7. The number of hydrogen-bond acceptors (Lipinski definition) is 2. The number of nitrogens with one attached hydrogen (secondary N) is 1. The number of hydrogen-bond donors (Lipinski definition) is 2. The zero-order valence-electron chi connectivity index (χ0n) is 9.48. The molecular weight excluding hydrogens is 208 g/mol. The lowest BCUT2D eigenvalue weighted by atomic mass is 10.0. The Morgan fingerprint density at radius 2 is 1.88 bits per heavy atom. The smallest absolute Gasteiger partial charge is 0.325 e. The second kappa shape index (κ2) is 4.31. The van der Waals surface area contributed by atoms with E-state index in [0.717, 1.165) is 13.1 Å². The van der Waals surface area contributed by atoms with Gasteiger partial charge in [0.25, 0.3) is 0 Å². The Hall–Kier alpha value is -1.26. The highest BCUT2D eigenvalue weighted by Crippen LogP contribution is 2.37. The number of rotatable bonds is 2. The van der Waals surface area contributed by atoms with Crippen LogP contribution in [0.3, 0.4) is 0 Å². The zero-order valence-corrected chi connectivity index (χ0v) is 9.48. The van der Waals surface area contributed by atoms with E-state index in [0.29, 0.717) is 11.8 Å². The molecule has 2 unspecified atom stereocenters. The number of carboxylic acids is 1. The molecule has 0 spiro atoms. The number of amides is 2. The lowest BCUT2D eigenvalue weighted by molar-refractivity contribution is -0.138. The molecule has 5 nitrogen and oxygen atoms in total. The fraction of sp³-hybridized carbons (Fsp3) is 0.818. The highest BCUT2D eigenvalue weighted by Gasteiger charge is 2.38. The van der Waals surface area contributed by atoms with Crippen LogP contribution in [-0.4, -0.2) is 41.1 Å². The monoisotopic (exact) mass is 226 g/mol. The van der Waals surface area contributed by atoms with Crippen molar-refractivity contribution in [2.24, 2.45) is 11.8 Å². The van der Waals surface area contributed by atoms with Crippen LogP contribution in [0.2, 0.25) is 0 Å². The van der Waals surface area contributed by atoms with Crippen molar-refractivity contribution in [1.29, 1.82) is 0 Å². The van der Waals surface area contributed by atoms with E-state index >= 15 is 0 Å². The molecule has 0 bridgehead atoms. The van der Waals surface area contributed by atoms with Crippen LogP contribution >= 0.6 is 0 Å². The third-order valence-electron chi connectivity index (χ3n) is 3.72. The molecule has 2 amide bonds. The van der Waals surface area contributed by atoms with E-state index in [9.17, 15) is 9.59 Å². The molecule has 0 aromatic rings. The summed E-state index contributed by atoms with van der Waals surface area (Å²) in [5, 5.41) is 11.2. The molecule has 90 valence electrons. The predicted molar refractivity (Wildman–Crippen MR) is 58.0 cm³/mol. The molecule has 5 heteroatoms. The van der Waals surface area contributed by atoms with E-state index in [1.54, 1.807) is 4.90 Å². The second-order valence-corrected chi connectivity index (χ2v) is 4.87. The summed E-state index contributed by atoms with van der Waals surface area (Å²) < 4.78 is 0. The van der Waals surface area contributed by atoms with Gasteiger partial charge in [-0.3, -0.25) is 4.79 Å². The molecule has 0 aromatic carbocycles. The number of nitrogens with zero attached hydrogens (tertiary/aromatic N) is 1. The van der Waals surface area contributed by atoms with Gasteiger partial charge in [0.15, 0.2) is 0 Å². The summed E-state index contributed by atoms with van der Waals surface area (Å²) in [6.45, 7) is 3.07. The first kappa shape index (κ1) is 11.2. The van der Waals surface area contributed by atoms with E-state index in [1.807, 2.05) is 0 Å². The molecule has 1 saturated heterocycles. The maximum Gasteiger partial charge on any atom is 0.325 e. The summed E-state index contributed by atoms with van der Waals surface area (Å²) in [5.74, 6) is 0.296. The van der Waals surface area contributed by atoms with E-state index in [1.165, 1.54) is 26.2 Å². The number of carboxylic acid groups (broad SMARTS) is 1. The maximum absolute atomic E-state index is 11.7. The van der Waals surface area contributed by atoms with Gasteiger partial charge in [0.2, 0.25) is 0 Å². The van der Waals surface area contributed by atoms with Gasteiger partial charge in [-0.25, -0.2) is 4.79 Å². The number of carbonyl (C=O) groups excluding carboxylic acids is 1. The van der Waals surface area contributed by atoms with E-state index in [-0.39, 0.29) is 6.03 Å². The summed E-state index contributed by atoms with van der Waals surface area (Å²) in [6, 6.07) is -1.04. The fourth-order valence-electron chi connectivity index (χ4n) is 2.74. The number of aliphatic carboxylic acids is 1. The largest absolute Gasteiger partial charge is 0.480 e. The molecule has 1 heterocycles. The Kier molecular flexibility index (Phi) is 3.03. The van der Waals surface area contributed by atoms with Crippen molar-refractivity contribution in [1.82, 2.24) is 10.2 Å². The molecular formula is C11H18N2O3. The summed E-state index contributed by atoms with van der Waals surface area (Å²) in [7, 11) is 0. The first-order chi connectivity index (χ1) is 7.58.